The Morgan fingerprint density at radius 3 is 2.50 bits per heavy atom. The zero-order valence-electron chi connectivity index (χ0n) is 22.4. The molecule has 0 amide bonds. The van der Waals surface area contributed by atoms with Crippen molar-refractivity contribution in [3.8, 4) is 11.5 Å². The number of methoxy groups -OCH3 is 1. The lowest BCUT2D eigenvalue weighted by molar-refractivity contribution is -0.151. The van der Waals surface area contributed by atoms with Gasteiger partial charge in [0, 0.05) is 25.5 Å². The van der Waals surface area contributed by atoms with Gasteiger partial charge < -0.3 is 29.7 Å². The molecule has 1 aliphatic heterocycles. The molecule has 3 N–H and O–H groups in total. The van der Waals surface area contributed by atoms with Crippen LogP contribution in [0.1, 0.15) is 82.1 Å². The smallest absolute Gasteiger partial charge is 0.325 e. The summed E-state index contributed by atoms with van der Waals surface area (Å²) < 4.78 is 16.0. The topological polar surface area (TPSA) is 127 Å². The molecule has 36 heavy (non-hydrogen) atoms. The Bertz CT molecular complexity index is 737. The molecule has 0 spiro atoms. The Morgan fingerprint density at radius 1 is 1.22 bits per heavy atom. The minimum absolute atomic E-state index is 0.00328. The summed E-state index contributed by atoms with van der Waals surface area (Å²) in [6.07, 6.45) is 12.8. The Kier molecular flexibility index (Phi) is 16.7. The summed E-state index contributed by atoms with van der Waals surface area (Å²) in [5, 5.41) is 20.3. The second-order valence-electron chi connectivity index (χ2n) is 9.41. The average Bonchev–Trinajstić information content (AvgIpc) is 3.40. The van der Waals surface area contributed by atoms with E-state index in [4.69, 9.17) is 19.3 Å². The summed E-state index contributed by atoms with van der Waals surface area (Å²) in [5.41, 5.74) is -0.00986. The number of esters is 1. The number of hydrogen-bond acceptors (Lipinski definition) is 9. The second-order valence-corrected chi connectivity index (χ2v) is 9.41. The van der Waals surface area contributed by atoms with Crippen LogP contribution in [0.15, 0.2) is 12.3 Å². The minimum atomic E-state index is -0.326. The Morgan fingerprint density at radius 2 is 1.94 bits per heavy atom. The lowest BCUT2D eigenvalue weighted by atomic mass is 9.90. The molecule has 206 valence electrons. The highest BCUT2D eigenvalue weighted by atomic mass is 16.5. The summed E-state index contributed by atoms with van der Waals surface area (Å²) in [4.78, 5) is 25.7. The van der Waals surface area contributed by atoms with E-state index in [-0.39, 0.29) is 35.3 Å². The Hall–Kier alpha value is -2.23. The molecule has 0 aromatic carbocycles. The van der Waals surface area contributed by atoms with Crippen LogP contribution in [0.5, 0.6) is 11.5 Å². The van der Waals surface area contributed by atoms with Crippen LogP contribution in [0.4, 0.5) is 0 Å². The van der Waals surface area contributed by atoms with E-state index in [0.29, 0.717) is 25.4 Å². The number of carbonyl (C=O) groups excluding carboxylic acids is 2. The first-order chi connectivity index (χ1) is 17.4. The van der Waals surface area contributed by atoms with E-state index < -0.39 is 0 Å². The molecule has 2 heterocycles. The van der Waals surface area contributed by atoms with Gasteiger partial charge >= 0.3 is 5.97 Å². The van der Waals surface area contributed by atoms with Crippen molar-refractivity contribution < 1.29 is 34.0 Å². The summed E-state index contributed by atoms with van der Waals surface area (Å²) in [6.45, 7) is 5.65. The minimum Gasteiger partial charge on any atom is -0.503 e. The van der Waals surface area contributed by atoms with Crippen LogP contribution >= 0.6 is 0 Å². The summed E-state index contributed by atoms with van der Waals surface area (Å²) in [7, 11) is 3.18. The summed E-state index contributed by atoms with van der Waals surface area (Å²) in [6, 6.07) is 1.15. The Labute approximate surface area is 215 Å². The number of aromatic nitrogens is 1. The van der Waals surface area contributed by atoms with E-state index in [1.54, 1.807) is 7.05 Å². The van der Waals surface area contributed by atoms with Crippen LogP contribution in [-0.4, -0.2) is 73.6 Å². The highest BCUT2D eigenvalue weighted by Gasteiger charge is 2.27. The van der Waals surface area contributed by atoms with Crippen LogP contribution < -0.4 is 10.1 Å². The molecule has 3 atom stereocenters. The van der Waals surface area contributed by atoms with Gasteiger partial charge in [-0.25, -0.2) is 4.98 Å². The van der Waals surface area contributed by atoms with Crippen molar-refractivity contribution in [1.29, 1.82) is 0 Å². The molecular weight excluding hydrogens is 464 g/mol. The number of hydrogen-bond donors (Lipinski definition) is 3. The monoisotopic (exact) mass is 510 g/mol. The van der Waals surface area contributed by atoms with Crippen LogP contribution in [0.3, 0.4) is 0 Å². The number of nitrogens with one attached hydrogen (secondary N) is 1. The number of aliphatic hydroxyl groups is 1. The van der Waals surface area contributed by atoms with E-state index in [1.165, 1.54) is 57.9 Å². The van der Waals surface area contributed by atoms with Gasteiger partial charge in [0.2, 0.25) is 0 Å². The van der Waals surface area contributed by atoms with Crippen molar-refractivity contribution in [3.05, 3.63) is 18.0 Å². The highest BCUT2D eigenvalue weighted by Crippen LogP contribution is 2.32. The third kappa shape index (κ3) is 12.1. The number of pyridine rings is 1. The first kappa shape index (κ1) is 31.8. The first-order valence-corrected chi connectivity index (χ1v) is 13.1. The van der Waals surface area contributed by atoms with Gasteiger partial charge in [-0.05, 0) is 45.1 Å². The fourth-order valence-electron chi connectivity index (χ4n) is 4.43. The molecule has 0 radical (unpaired) electrons. The van der Waals surface area contributed by atoms with Gasteiger partial charge in [-0.15, -0.1) is 0 Å². The molecule has 1 aromatic rings. The van der Waals surface area contributed by atoms with E-state index in [9.17, 15) is 14.7 Å². The van der Waals surface area contributed by atoms with E-state index in [2.05, 4.69) is 17.2 Å². The molecule has 2 fully saturated rings. The highest BCUT2D eigenvalue weighted by molar-refractivity contribution is 5.77. The molecule has 1 aromatic heterocycles. The van der Waals surface area contributed by atoms with E-state index in [1.807, 2.05) is 6.92 Å². The Balaban J connectivity index is 0.000000321. The number of aliphatic hydroxyl groups excluding tert-OH is 1. The fraction of sp³-hybridized carbons (Fsp3) is 0.741. The predicted octanol–water partition coefficient (Wildman–Crippen LogP) is 3.90. The number of aromatic hydroxyl groups is 1. The maximum Gasteiger partial charge on any atom is 0.325 e. The van der Waals surface area contributed by atoms with Crippen LogP contribution in [0.25, 0.3) is 0 Å². The van der Waals surface area contributed by atoms with E-state index in [0.717, 1.165) is 31.8 Å². The predicted molar refractivity (Wildman–Crippen MR) is 138 cm³/mol. The van der Waals surface area contributed by atoms with Crippen molar-refractivity contribution in [3.63, 3.8) is 0 Å². The quantitative estimate of drug-likeness (QED) is 0.271. The SMILES string of the molecule is CCCCCO.CN[C@H]1COCC(CC2CCCC2)CC(C)OC1=O.COc1ccnc(C=O)c1O. The third-order valence-electron chi connectivity index (χ3n) is 6.40. The number of unbranched alkanes of at least 4 members (excludes halogenated alkanes) is 2. The zero-order chi connectivity index (χ0) is 26.8. The largest absolute Gasteiger partial charge is 0.503 e. The molecule has 9 nitrogen and oxygen atoms in total. The molecular formula is C27H46N2O7. The molecule has 1 saturated carbocycles. The fourth-order valence-corrected chi connectivity index (χ4v) is 4.43. The zero-order valence-corrected chi connectivity index (χ0v) is 22.4. The number of cyclic esters (lactones) is 1. The maximum atomic E-state index is 11.8. The van der Waals surface area contributed by atoms with Crippen LogP contribution in [0.2, 0.25) is 0 Å². The van der Waals surface area contributed by atoms with Gasteiger partial charge in [-0.1, -0.05) is 45.4 Å². The number of aldehydes is 1. The number of likely N-dealkylation sites (N-methyl/N-ethyl adjacent to an activating group) is 1. The maximum absolute atomic E-state index is 11.8. The average molecular weight is 511 g/mol. The van der Waals surface area contributed by atoms with Crippen molar-refractivity contribution in [2.75, 3.05) is 34.0 Å². The molecule has 3 rings (SSSR count). The molecule has 1 saturated heterocycles. The van der Waals surface area contributed by atoms with Gasteiger partial charge in [-0.3, -0.25) is 9.59 Å². The standard InChI is InChI=1S/C15H27NO3.C7H7NO3.C5H12O/c1-11-7-13(8-12-5-3-4-6-12)9-18-10-14(16-2)15(17)19-11;1-11-6-2-3-8-5(4-9)7(6)10;1-2-3-4-5-6/h11-14,16H,3-10H2,1-2H3;2-4,10H,1H3;6H,2-5H2,1H3/t11?,13?,14-;;/m0../s1. The summed E-state index contributed by atoms with van der Waals surface area (Å²) >= 11 is 0. The lowest BCUT2D eigenvalue weighted by Crippen LogP contribution is -2.40. The molecule has 9 heteroatoms. The van der Waals surface area contributed by atoms with Gasteiger partial charge in [0.15, 0.2) is 17.8 Å². The second kappa shape index (κ2) is 19.0. The third-order valence-corrected chi connectivity index (χ3v) is 6.40. The number of rotatable bonds is 8. The van der Waals surface area contributed by atoms with Gasteiger partial charge in [0.1, 0.15) is 11.7 Å². The van der Waals surface area contributed by atoms with Crippen molar-refractivity contribution >= 4 is 12.3 Å². The van der Waals surface area contributed by atoms with Gasteiger partial charge in [0.05, 0.1) is 19.8 Å². The normalized spacial score (nSPS) is 22.5. The number of carbonyl (C=O) groups is 2. The summed E-state index contributed by atoms with van der Waals surface area (Å²) in [5.74, 6) is 1.24. The van der Waals surface area contributed by atoms with Crippen LogP contribution in [-0.2, 0) is 14.3 Å². The van der Waals surface area contributed by atoms with Gasteiger partial charge in [0.25, 0.3) is 0 Å². The van der Waals surface area contributed by atoms with Crippen LogP contribution in [0, 0.1) is 11.8 Å². The molecule has 2 unspecified atom stereocenters. The van der Waals surface area contributed by atoms with E-state index >= 15 is 0 Å². The van der Waals surface area contributed by atoms with Crippen molar-refractivity contribution in [2.24, 2.45) is 11.8 Å². The molecule has 0 bridgehead atoms. The van der Waals surface area contributed by atoms with Crippen molar-refractivity contribution in [2.45, 2.75) is 83.8 Å². The van der Waals surface area contributed by atoms with Crippen molar-refractivity contribution in [1.82, 2.24) is 10.3 Å². The van der Waals surface area contributed by atoms with Gasteiger partial charge in [-0.2, -0.15) is 0 Å². The lowest BCUT2D eigenvalue weighted by Gasteiger charge is -2.22. The first-order valence-electron chi connectivity index (χ1n) is 13.1. The molecule has 2 aliphatic rings. The number of ether oxygens (including phenoxy) is 3. The molecule has 1 aliphatic carbocycles. The number of nitrogens with zero attached hydrogens (tertiary/aromatic N) is 1.